The van der Waals surface area contributed by atoms with Crippen LogP contribution >= 0.6 is 0 Å². The summed E-state index contributed by atoms with van der Waals surface area (Å²) in [5, 5.41) is 2.48. The first-order chi connectivity index (χ1) is 18.1. The third-order valence-electron chi connectivity index (χ3n) is 5.33. The van der Waals surface area contributed by atoms with Gasteiger partial charge in [-0.3, -0.25) is 4.79 Å². The van der Waals surface area contributed by atoms with Gasteiger partial charge in [0.15, 0.2) is 13.2 Å². The van der Waals surface area contributed by atoms with E-state index in [4.69, 9.17) is 31.4 Å². The van der Waals surface area contributed by atoms with Gasteiger partial charge in [0, 0.05) is 23.5 Å². The van der Waals surface area contributed by atoms with Crippen molar-refractivity contribution in [3.05, 3.63) is 83.4 Å². The van der Waals surface area contributed by atoms with Gasteiger partial charge in [-0.05, 0) is 72.6 Å². The first-order valence-electron chi connectivity index (χ1n) is 11.5. The number of hydrogen-bond acceptors (Lipinski definition) is 10. The Labute approximate surface area is 218 Å². The molecule has 0 spiro atoms. The first-order valence-corrected chi connectivity index (χ1v) is 11.5. The third-order valence-corrected chi connectivity index (χ3v) is 5.33. The molecular formula is C27H28N4O7. The van der Waals surface area contributed by atoms with Crippen LogP contribution in [0, 0.1) is 6.92 Å². The summed E-state index contributed by atoms with van der Waals surface area (Å²) in [5.41, 5.74) is 20.3. The van der Waals surface area contributed by atoms with Crippen molar-refractivity contribution < 1.29 is 33.4 Å². The molecule has 0 saturated carbocycles. The Morgan fingerprint density at radius 2 is 1.45 bits per heavy atom. The van der Waals surface area contributed by atoms with E-state index < -0.39 is 43.1 Å². The lowest BCUT2D eigenvalue weighted by Crippen LogP contribution is -2.45. The summed E-state index contributed by atoms with van der Waals surface area (Å²) in [4.78, 5) is 49.6. The van der Waals surface area contributed by atoms with Crippen LogP contribution in [0.2, 0.25) is 0 Å². The maximum Gasteiger partial charge on any atom is 0.349 e. The second-order valence-corrected chi connectivity index (χ2v) is 8.36. The fraction of sp³-hybridized carbons (Fsp3) is 0.185. The average molecular weight is 521 g/mol. The van der Waals surface area contributed by atoms with Gasteiger partial charge in [-0.1, -0.05) is 12.1 Å². The van der Waals surface area contributed by atoms with Gasteiger partial charge >= 0.3 is 17.9 Å². The van der Waals surface area contributed by atoms with Crippen LogP contribution in [0.15, 0.2) is 66.7 Å². The Morgan fingerprint density at radius 3 is 2.08 bits per heavy atom. The molecule has 0 aromatic heterocycles. The predicted molar refractivity (Wildman–Crippen MR) is 140 cm³/mol. The molecule has 0 radical (unpaired) electrons. The molecule has 0 aliphatic rings. The number of benzene rings is 3. The largest absolute Gasteiger partial charge is 0.452 e. The normalized spacial score (nSPS) is 11.2. The number of aryl methyl sites for hydroxylation is 1. The molecule has 198 valence electrons. The van der Waals surface area contributed by atoms with Crippen LogP contribution in [-0.2, 0) is 30.3 Å². The molecule has 1 amide bonds. The molecule has 0 fully saturated rings. The van der Waals surface area contributed by atoms with Gasteiger partial charge in [-0.15, -0.1) is 0 Å². The van der Waals surface area contributed by atoms with E-state index in [1.165, 1.54) is 36.4 Å². The van der Waals surface area contributed by atoms with Crippen LogP contribution in [-0.4, -0.2) is 43.1 Å². The Kier molecular flexibility index (Phi) is 9.25. The van der Waals surface area contributed by atoms with Crippen molar-refractivity contribution >= 4 is 40.9 Å². The van der Waals surface area contributed by atoms with E-state index in [9.17, 15) is 19.2 Å². The number of anilines is 3. The molecule has 3 rings (SSSR count). The van der Waals surface area contributed by atoms with Gasteiger partial charge in [0.2, 0.25) is 0 Å². The summed E-state index contributed by atoms with van der Waals surface area (Å²) in [7, 11) is 0. The van der Waals surface area contributed by atoms with Crippen molar-refractivity contribution in [2.24, 2.45) is 0 Å². The Bertz CT molecular complexity index is 1310. The van der Waals surface area contributed by atoms with Gasteiger partial charge in [-0.25, -0.2) is 14.4 Å². The number of nitrogens with one attached hydrogen (secondary N) is 1. The molecule has 0 heterocycles. The van der Waals surface area contributed by atoms with Crippen molar-refractivity contribution in [1.82, 2.24) is 5.32 Å². The topological polar surface area (TPSA) is 186 Å². The molecule has 1 atom stereocenters. The van der Waals surface area contributed by atoms with Crippen LogP contribution in [0.4, 0.5) is 17.1 Å². The van der Waals surface area contributed by atoms with E-state index >= 15 is 0 Å². The van der Waals surface area contributed by atoms with Crippen LogP contribution in [0.25, 0.3) is 0 Å². The Hall–Kier alpha value is -5.06. The van der Waals surface area contributed by atoms with Crippen LogP contribution in [0.5, 0.6) is 5.75 Å². The number of nitrogen functional groups attached to an aromatic ring is 3. The van der Waals surface area contributed by atoms with Crippen LogP contribution < -0.4 is 27.3 Å². The number of amides is 1. The molecule has 0 bridgehead atoms. The van der Waals surface area contributed by atoms with Gasteiger partial charge in [0.25, 0.3) is 5.91 Å². The predicted octanol–water partition coefficient (Wildman–Crippen LogP) is 1.77. The van der Waals surface area contributed by atoms with E-state index in [1.807, 2.05) is 6.92 Å². The van der Waals surface area contributed by atoms with Crippen molar-refractivity contribution in [3.8, 4) is 5.75 Å². The van der Waals surface area contributed by atoms with Crippen molar-refractivity contribution in [3.63, 3.8) is 0 Å². The molecule has 3 aromatic rings. The SMILES string of the molecule is Cc1ccc(CC(NC(=O)COC(=O)c2ccc(N)cc2)C(=O)OCC(=O)Oc2ccc(N)cc2)cc1N. The lowest BCUT2D eigenvalue weighted by molar-refractivity contribution is -0.156. The number of esters is 3. The highest BCUT2D eigenvalue weighted by Crippen LogP contribution is 2.16. The number of nitrogens with two attached hydrogens (primary N) is 3. The first kappa shape index (κ1) is 27.5. The lowest BCUT2D eigenvalue weighted by Gasteiger charge is -2.18. The number of carbonyl (C=O) groups is 4. The smallest absolute Gasteiger partial charge is 0.349 e. The third kappa shape index (κ3) is 8.26. The minimum absolute atomic E-state index is 0.00791. The second kappa shape index (κ2) is 12.8. The molecule has 0 aliphatic heterocycles. The average Bonchev–Trinajstić information content (AvgIpc) is 2.89. The van der Waals surface area contributed by atoms with E-state index in [1.54, 1.807) is 30.3 Å². The zero-order chi connectivity index (χ0) is 27.7. The molecular weight excluding hydrogens is 492 g/mol. The summed E-state index contributed by atoms with van der Waals surface area (Å²) in [6.45, 7) is 0.481. The minimum atomic E-state index is -1.20. The van der Waals surface area contributed by atoms with Gasteiger partial charge in [0.05, 0.1) is 5.56 Å². The van der Waals surface area contributed by atoms with Crippen molar-refractivity contribution in [2.45, 2.75) is 19.4 Å². The monoisotopic (exact) mass is 520 g/mol. The minimum Gasteiger partial charge on any atom is -0.452 e. The number of carbonyl (C=O) groups excluding carboxylic acids is 4. The highest BCUT2D eigenvalue weighted by atomic mass is 16.6. The molecule has 1 unspecified atom stereocenters. The van der Waals surface area contributed by atoms with Crippen LogP contribution in [0.1, 0.15) is 21.5 Å². The molecule has 11 heteroatoms. The summed E-state index contributed by atoms with van der Waals surface area (Å²) in [5.74, 6) is -2.98. The zero-order valence-corrected chi connectivity index (χ0v) is 20.6. The summed E-state index contributed by atoms with van der Waals surface area (Å²) >= 11 is 0. The van der Waals surface area contributed by atoms with Crippen molar-refractivity contribution in [1.29, 1.82) is 0 Å². The van der Waals surface area contributed by atoms with Gasteiger partial charge < -0.3 is 36.7 Å². The molecule has 7 N–H and O–H groups in total. The molecule has 0 saturated heterocycles. The quantitative estimate of drug-likeness (QED) is 0.174. The maximum atomic E-state index is 12.8. The Morgan fingerprint density at radius 1 is 0.816 bits per heavy atom. The van der Waals surface area contributed by atoms with Gasteiger partial charge in [0.1, 0.15) is 11.8 Å². The fourth-order valence-corrected chi connectivity index (χ4v) is 3.24. The highest BCUT2D eigenvalue weighted by molar-refractivity contribution is 5.92. The second-order valence-electron chi connectivity index (χ2n) is 8.36. The molecule has 11 nitrogen and oxygen atoms in total. The molecule has 3 aromatic carbocycles. The zero-order valence-electron chi connectivity index (χ0n) is 20.6. The summed E-state index contributed by atoms with van der Waals surface area (Å²) in [6.07, 6.45) is 0.00791. The highest BCUT2D eigenvalue weighted by Gasteiger charge is 2.25. The van der Waals surface area contributed by atoms with E-state index in [0.29, 0.717) is 22.6 Å². The Balaban J connectivity index is 1.61. The number of rotatable bonds is 10. The van der Waals surface area contributed by atoms with E-state index in [2.05, 4.69) is 5.32 Å². The standard InChI is InChI=1S/C27H28N4O7/c1-16-2-3-17(12-22(16)30)13-23(27(35)37-15-25(33)38-21-10-8-20(29)9-11-21)31-24(32)14-36-26(34)18-4-6-19(28)7-5-18/h2-12,23H,13-15,28-30H2,1H3,(H,31,32). The fourth-order valence-electron chi connectivity index (χ4n) is 3.24. The molecule has 38 heavy (non-hydrogen) atoms. The van der Waals surface area contributed by atoms with Crippen molar-refractivity contribution in [2.75, 3.05) is 30.4 Å². The van der Waals surface area contributed by atoms with Gasteiger partial charge in [-0.2, -0.15) is 0 Å². The van der Waals surface area contributed by atoms with E-state index in [-0.39, 0.29) is 17.7 Å². The number of hydrogen-bond donors (Lipinski definition) is 4. The molecule has 0 aliphatic carbocycles. The van der Waals surface area contributed by atoms with Crippen LogP contribution in [0.3, 0.4) is 0 Å². The summed E-state index contributed by atoms with van der Waals surface area (Å²) in [6, 6.07) is 16.0. The summed E-state index contributed by atoms with van der Waals surface area (Å²) < 4.78 is 15.2. The maximum absolute atomic E-state index is 12.8. The van der Waals surface area contributed by atoms with E-state index in [0.717, 1.165) is 5.56 Å². The lowest BCUT2D eigenvalue weighted by atomic mass is 10.0. The number of ether oxygens (including phenoxy) is 3.